The molecule has 3 aliphatic heterocycles. The van der Waals surface area contributed by atoms with E-state index in [9.17, 15) is 14.7 Å². The molecule has 0 atom stereocenters. The number of rotatable bonds is 8. The minimum Gasteiger partial charge on any atom is -0.481 e. The van der Waals surface area contributed by atoms with E-state index in [1.807, 2.05) is 4.90 Å². The van der Waals surface area contributed by atoms with Crippen LogP contribution in [0.3, 0.4) is 0 Å². The summed E-state index contributed by atoms with van der Waals surface area (Å²) >= 11 is 0. The molecule has 0 aliphatic carbocycles. The summed E-state index contributed by atoms with van der Waals surface area (Å²) in [5, 5.41) is 19.3. The summed E-state index contributed by atoms with van der Waals surface area (Å²) < 4.78 is 0. The van der Waals surface area contributed by atoms with E-state index < -0.39 is 11.6 Å². The summed E-state index contributed by atoms with van der Waals surface area (Å²) in [5.74, 6) is -0.744. The van der Waals surface area contributed by atoms with Gasteiger partial charge >= 0.3 is 5.97 Å². The molecular formula is C26H40N4O4. The number of likely N-dealkylation sites (tertiary alicyclic amines) is 2. The van der Waals surface area contributed by atoms with Gasteiger partial charge in [-0.25, -0.2) is 0 Å². The molecule has 1 aromatic rings. The van der Waals surface area contributed by atoms with Gasteiger partial charge < -0.3 is 20.0 Å². The zero-order valence-corrected chi connectivity index (χ0v) is 20.3. The average Bonchev–Trinajstić information content (AvgIpc) is 2.84. The van der Waals surface area contributed by atoms with Gasteiger partial charge in [0.05, 0.1) is 12.0 Å². The number of carbonyl (C=O) groups is 2. The second-order valence-corrected chi connectivity index (χ2v) is 10.3. The van der Waals surface area contributed by atoms with E-state index in [0.717, 1.165) is 45.8 Å². The van der Waals surface area contributed by atoms with Crippen molar-refractivity contribution >= 4 is 11.9 Å². The molecule has 1 aromatic carbocycles. The van der Waals surface area contributed by atoms with Crippen molar-refractivity contribution < 1.29 is 19.8 Å². The Hall–Kier alpha value is -2.00. The predicted octanol–water partition coefficient (Wildman–Crippen LogP) is 1.49. The molecule has 0 aromatic heterocycles. The maximum atomic E-state index is 12.8. The molecule has 3 fully saturated rings. The van der Waals surface area contributed by atoms with Crippen LogP contribution in [0, 0.1) is 0 Å². The van der Waals surface area contributed by atoms with Crippen LogP contribution in [0.25, 0.3) is 0 Å². The third-order valence-electron chi connectivity index (χ3n) is 7.90. The fourth-order valence-corrected chi connectivity index (χ4v) is 5.68. The molecule has 0 radical (unpaired) electrons. The van der Waals surface area contributed by atoms with Crippen molar-refractivity contribution in [2.75, 3.05) is 58.9 Å². The van der Waals surface area contributed by atoms with Crippen LogP contribution in [-0.4, -0.2) is 112 Å². The van der Waals surface area contributed by atoms with Crippen LogP contribution in [0.2, 0.25) is 0 Å². The Morgan fingerprint density at radius 1 is 0.882 bits per heavy atom. The highest BCUT2D eigenvalue weighted by Gasteiger charge is 2.35. The lowest BCUT2D eigenvalue weighted by atomic mass is 9.88. The minimum absolute atomic E-state index is 0.198. The lowest BCUT2D eigenvalue weighted by molar-refractivity contribution is -0.144. The second kappa shape index (κ2) is 11.6. The van der Waals surface area contributed by atoms with Crippen LogP contribution < -0.4 is 0 Å². The Balaban J connectivity index is 1.11. The van der Waals surface area contributed by atoms with Gasteiger partial charge in [-0.3, -0.25) is 19.4 Å². The highest BCUT2D eigenvalue weighted by molar-refractivity contribution is 5.76. The minimum atomic E-state index is -1.10. The number of carboxylic acid groups (broad SMARTS) is 1. The molecule has 4 rings (SSSR count). The third-order valence-corrected chi connectivity index (χ3v) is 7.90. The van der Waals surface area contributed by atoms with Gasteiger partial charge in [-0.15, -0.1) is 0 Å². The van der Waals surface area contributed by atoms with E-state index in [4.69, 9.17) is 5.11 Å². The quantitative estimate of drug-likeness (QED) is 0.593. The highest BCUT2D eigenvalue weighted by atomic mass is 16.4. The van der Waals surface area contributed by atoms with Crippen molar-refractivity contribution in [3.8, 4) is 0 Å². The van der Waals surface area contributed by atoms with Gasteiger partial charge in [0.25, 0.3) is 0 Å². The number of aliphatic carboxylic acids is 1. The van der Waals surface area contributed by atoms with E-state index >= 15 is 0 Å². The number of piperidine rings is 2. The van der Waals surface area contributed by atoms with Crippen molar-refractivity contribution in [1.82, 2.24) is 19.6 Å². The first-order valence-electron chi connectivity index (χ1n) is 12.8. The Morgan fingerprint density at radius 3 is 2.15 bits per heavy atom. The number of carbonyl (C=O) groups excluding carboxylic acids is 1. The summed E-state index contributed by atoms with van der Waals surface area (Å²) in [5.41, 5.74) is 0.286. The summed E-state index contributed by atoms with van der Waals surface area (Å²) in [6, 6.07) is 11.3. The Bertz CT molecular complexity index is 796. The number of hydrogen-bond donors (Lipinski definition) is 2. The van der Waals surface area contributed by atoms with E-state index in [-0.39, 0.29) is 12.3 Å². The lowest BCUT2D eigenvalue weighted by Crippen LogP contribution is -2.54. The predicted molar refractivity (Wildman–Crippen MR) is 130 cm³/mol. The smallest absolute Gasteiger partial charge is 0.306 e. The fraction of sp³-hybridized carbons (Fsp3) is 0.692. The van der Waals surface area contributed by atoms with Crippen LogP contribution in [0.5, 0.6) is 0 Å². The first kappa shape index (κ1) is 25.1. The monoisotopic (exact) mass is 472 g/mol. The van der Waals surface area contributed by atoms with Crippen molar-refractivity contribution in [3.05, 3.63) is 35.9 Å². The Kier molecular flexibility index (Phi) is 8.58. The molecule has 0 bridgehead atoms. The molecule has 0 unspecified atom stereocenters. The summed E-state index contributed by atoms with van der Waals surface area (Å²) in [6.07, 6.45) is 3.60. The van der Waals surface area contributed by atoms with E-state index in [0.29, 0.717) is 44.9 Å². The van der Waals surface area contributed by atoms with Crippen molar-refractivity contribution in [3.63, 3.8) is 0 Å². The number of nitrogens with zero attached hydrogens (tertiary/aromatic N) is 4. The molecule has 0 spiro atoms. The molecule has 8 heteroatoms. The van der Waals surface area contributed by atoms with E-state index in [1.54, 1.807) is 0 Å². The summed E-state index contributed by atoms with van der Waals surface area (Å²) in [7, 11) is 0. The van der Waals surface area contributed by atoms with Gasteiger partial charge in [-0.05, 0) is 44.3 Å². The standard InChI is InChI=1S/C26H40N4O4/c31-24(8-13-27-14-9-26(34,10-15-27)20-25(32)33)30-18-16-29(17-19-30)23-6-11-28(12-7-23)21-22-4-2-1-3-5-22/h1-5,23,34H,6-21H2,(H,32,33). The normalized spacial score (nSPS) is 23.1. The molecular weight excluding hydrogens is 432 g/mol. The topological polar surface area (TPSA) is 87.6 Å². The van der Waals surface area contributed by atoms with Gasteiger partial charge in [0.15, 0.2) is 0 Å². The van der Waals surface area contributed by atoms with E-state index in [2.05, 4.69) is 45.0 Å². The number of piperazine rings is 1. The van der Waals surface area contributed by atoms with Gasteiger partial charge in [0.2, 0.25) is 5.91 Å². The van der Waals surface area contributed by atoms with Gasteiger partial charge in [0.1, 0.15) is 0 Å². The number of carboxylic acids is 1. The average molecular weight is 473 g/mol. The molecule has 3 saturated heterocycles. The maximum Gasteiger partial charge on any atom is 0.306 e. The maximum absolute atomic E-state index is 12.8. The molecule has 2 N–H and O–H groups in total. The Labute approximate surface area is 203 Å². The third kappa shape index (κ3) is 7.01. The van der Waals surface area contributed by atoms with Crippen LogP contribution in [-0.2, 0) is 16.1 Å². The summed E-state index contributed by atoms with van der Waals surface area (Å²) in [4.78, 5) is 33.0. The molecule has 0 saturated carbocycles. The van der Waals surface area contributed by atoms with Gasteiger partial charge in [0, 0.05) is 64.8 Å². The zero-order chi connectivity index (χ0) is 24.0. The largest absolute Gasteiger partial charge is 0.481 e. The van der Waals surface area contributed by atoms with Crippen LogP contribution in [0.4, 0.5) is 0 Å². The molecule has 1 amide bonds. The zero-order valence-electron chi connectivity index (χ0n) is 20.3. The summed E-state index contributed by atoms with van der Waals surface area (Å²) in [6.45, 7) is 8.81. The SMILES string of the molecule is O=C(O)CC1(O)CCN(CCC(=O)N2CCN(C3CCN(Cc4ccccc4)CC3)CC2)CC1. The Morgan fingerprint density at radius 2 is 1.53 bits per heavy atom. The lowest BCUT2D eigenvalue weighted by Gasteiger charge is -2.43. The molecule has 8 nitrogen and oxygen atoms in total. The molecule has 34 heavy (non-hydrogen) atoms. The molecule has 3 aliphatic rings. The number of hydrogen-bond acceptors (Lipinski definition) is 6. The molecule has 188 valence electrons. The van der Waals surface area contributed by atoms with Crippen LogP contribution >= 0.6 is 0 Å². The van der Waals surface area contributed by atoms with Crippen molar-refractivity contribution in [1.29, 1.82) is 0 Å². The second-order valence-electron chi connectivity index (χ2n) is 10.3. The number of amides is 1. The van der Waals surface area contributed by atoms with Crippen LogP contribution in [0.1, 0.15) is 44.1 Å². The highest BCUT2D eigenvalue weighted by Crippen LogP contribution is 2.26. The first-order chi connectivity index (χ1) is 16.4. The van der Waals surface area contributed by atoms with Gasteiger partial charge in [-0.2, -0.15) is 0 Å². The van der Waals surface area contributed by atoms with Crippen molar-refractivity contribution in [2.45, 2.75) is 56.7 Å². The van der Waals surface area contributed by atoms with Crippen LogP contribution in [0.15, 0.2) is 30.3 Å². The van der Waals surface area contributed by atoms with E-state index in [1.165, 1.54) is 18.4 Å². The molecule has 3 heterocycles. The number of benzene rings is 1. The number of aliphatic hydroxyl groups is 1. The van der Waals surface area contributed by atoms with Crippen molar-refractivity contribution in [2.24, 2.45) is 0 Å². The fourth-order valence-electron chi connectivity index (χ4n) is 5.68. The first-order valence-corrected chi connectivity index (χ1v) is 12.8. The van der Waals surface area contributed by atoms with Gasteiger partial charge in [-0.1, -0.05) is 30.3 Å².